The average Bonchev–Trinajstić information content (AvgIpc) is 3.23. The van der Waals surface area contributed by atoms with Crippen molar-refractivity contribution in [1.82, 2.24) is 15.1 Å². The van der Waals surface area contributed by atoms with E-state index in [1.165, 1.54) is 0 Å². The van der Waals surface area contributed by atoms with Crippen LogP contribution in [0.5, 0.6) is 0 Å². The van der Waals surface area contributed by atoms with Crippen LogP contribution in [0.15, 0.2) is 59.1 Å². The van der Waals surface area contributed by atoms with Gasteiger partial charge in [0.2, 0.25) is 0 Å². The Hall–Kier alpha value is -2.86. The van der Waals surface area contributed by atoms with Gasteiger partial charge >= 0.3 is 0 Å². The SMILES string of the molecule is Cn1nccc1-c1ccc(C(=O)N[C@H](CN)Cc2ccccc2)o1. The van der Waals surface area contributed by atoms with Gasteiger partial charge < -0.3 is 15.5 Å². The maximum atomic E-state index is 12.4. The lowest BCUT2D eigenvalue weighted by Crippen LogP contribution is -2.41. The molecule has 0 unspecified atom stereocenters. The Balaban J connectivity index is 1.68. The fraction of sp³-hybridized carbons (Fsp3) is 0.222. The van der Waals surface area contributed by atoms with Crippen LogP contribution in [0.2, 0.25) is 0 Å². The molecule has 0 spiro atoms. The summed E-state index contributed by atoms with van der Waals surface area (Å²) < 4.78 is 7.35. The minimum absolute atomic E-state index is 0.148. The molecule has 3 N–H and O–H groups in total. The number of benzene rings is 1. The van der Waals surface area contributed by atoms with Gasteiger partial charge in [0.05, 0.1) is 0 Å². The smallest absolute Gasteiger partial charge is 0.287 e. The summed E-state index contributed by atoms with van der Waals surface area (Å²) in [7, 11) is 1.82. The third-order valence-corrected chi connectivity index (χ3v) is 3.85. The van der Waals surface area contributed by atoms with Crippen LogP contribution in [0.4, 0.5) is 0 Å². The molecule has 0 saturated carbocycles. The standard InChI is InChI=1S/C18H20N4O2/c1-22-15(9-10-20-22)16-7-8-17(24-16)18(23)21-14(12-19)11-13-5-3-2-4-6-13/h2-10,14H,11-12,19H2,1H3,(H,21,23)/t14-/m0/s1. The third-order valence-electron chi connectivity index (χ3n) is 3.85. The highest BCUT2D eigenvalue weighted by Gasteiger charge is 2.17. The van der Waals surface area contributed by atoms with E-state index in [1.807, 2.05) is 43.4 Å². The number of aromatic nitrogens is 2. The number of hydrogen-bond acceptors (Lipinski definition) is 4. The van der Waals surface area contributed by atoms with Gasteiger partial charge in [0.1, 0.15) is 5.69 Å². The number of carbonyl (C=O) groups excluding carboxylic acids is 1. The summed E-state index contributed by atoms with van der Waals surface area (Å²) >= 11 is 0. The van der Waals surface area contributed by atoms with E-state index in [4.69, 9.17) is 10.2 Å². The lowest BCUT2D eigenvalue weighted by Gasteiger charge is -2.16. The maximum absolute atomic E-state index is 12.4. The summed E-state index contributed by atoms with van der Waals surface area (Å²) in [6.45, 7) is 0.357. The molecule has 0 bridgehead atoms. The number of nitrogens with one attached hydrogen (secondary N) is 1. The Morgan fingerprint density at radius 2 is 2.04 bits per heavy atom. The quantitative estimate of drug-likeness (QED) is 0.726. The molecule has 0 fully saturated rings. The molecule has 124 valence electrons. The number of nitrogens with two attached hydrogens (primary N) is 1. The highest BCUT2D eigenvalue weighted by atomic mass is 16.4. The first-order valence-electron chi connectivity index (χ1n) is 7.80. The molecule has 1 aromatic carbocycles. The topological polar surface area (TPSA) is 86.1 Å². The third kappa shape index (κ3) is 3.55. The zero-order valence-electron chi connectivity index (χ0n) is 13.5. The number of aryl methyl sites for hydroxylation is 1. The fourth-order valence-corrected chi connectivity index (χ4v) is 2.56. The number of hydrogen-bond donors (Lipinski definition) is 2. The molecular formula is C18H20N4O2. The predicted molar refractivity (Wildman–Crippen MR) is 91.4 cm³/mol. The van der Waals surface area contributed by atoms with Gasteiger partial charge in [-0.3, -0.25) is 9.48 Å². The van der Waals surface area contributed by atoms with E-state index in [0.717, 1.165) is 11.3 Å². The largest absolute Gasteiger partial charge is 0.449 e. The molecule has 6 nitrogen and oxygen atoms in total. The summed E-state index contributed by atoms with van der Waals surface area (Å²) in [5, 5.41) is 7.02. The van der Waals surface area contributed by atoms with Crippen LogP contribution < -0.4 is 11.1 Å². The van der Waals surface area contributed by atoms with Crippen LogP contribution in [0.25, 0.3) is 11.5 Å². The van der Waals surface area contributed by atoms with Gasteiger partial charge in [-0.05, 0) is 30.2 Å². The number of furan rings is 1. The summed E-state index contributed by atoms with van der Waals surface area (Å²) in [5.41, 5.74) is 7.73. The van der Waals surface area contributed by atoms with Crippen molar-refractivity contribution in [2.24, 2.45) is 12.8 Å². The first-order valence-corrected chi connectivity index (χ1v) is 7.80. The second kappa shape index (κ2) is 7.14. The van der Waals surface area contributed by atoms with Crippen molar-refractivity contribution >= 4 is 5.91 Å². The van der Waals surface area contributed by atoms with Crippen molar-refractivity contribution in [2.75, 3.05) is 6.54 Å². The van der Waals surface area contributed by atoms with E-state index in [9.17, 15) is 4.79 Å². The predicted octanol–water partition coefficient (Wildman–Crippen LogP) is 1.98. The van der Waals surface area contributed by atoms with Gasteiger partial charge in [-0.2, -0.15) is 5.10 Å². The van der Waals surface area contributed by atoms with Crippen LogP contribution in [0.3, 0.4) is 0 Å². The molecule has 3 aromatic rings. The molecule has 0 aliphatic rings. The first kappa shape index (κ1) is 16.0. The van der Waals surface area contributed by atoms with Crippen LogP contribution in [0.1, 0.15) is 16.1 Å². The molecule has 2 heterocycles. The molecule has 0 aliphatic heterocycles. The van der Waals surface area contributed by atoms with E-state index in [1.54, 1.807) is 23.0 Å². The fourth-order valence-electron chi connectivity index (χ4n) is 2.56. The van der Waals surface area contributed by atoms with E-state index in [0.29, 0.717) is 18.7 Å². The van der Waals surface area contributed by atoms with E-state index < -0.39 is 0 Å². The van der Waals surface area contributed by atoms with E-state index >= 15 is 0 Å². The van der Waals surface area contributed by atoms with Crippen molar-refractivity contribution in [3.8, 4) is 11.5 Å². The van der Waals surface area contributed by atoms with E-state index in [2.05, 4.69) is 10.4 Å². The van der Waals surface area contributed by atoms with Crippen LogP contribution >= 0.6 is 0 Å². The van der Waals surface area contributed by atoms with Crippen molar-refractivity contribution < 1.29 is 9.21 Å². The molecule has 3 rings (SSSR count). The molecule has 0 radical (unpaired) electrons. The van der Waals surface area contributed by atoms with Crippen molar-refractivity contribution in [1.29, 1.82) is 0 Å². The van der Waals surface area contributed by atoms with Crippen molar-refractivity contribution in [3.63, 3.8) is 0 Å². The molecule has 1 atom stereocenters. The number of amides is 1. The first-order chi connectivity index (χ1) is 11.7. The Labute approximate surface area is 140 Å². The second-order valence-electron chi connectivity index (χ2n) is 5.60. The molecule has 1 amide bonds. The normalized spacial score (nSPS) is 12.1. The zero-order chi connectivity index (χ0) is 16.9. The summed E-state index contributed by atoms with van der Waals surface area (Å²) in [5.74, 6) is 0.597. The number of rotatable bonds is 6. The molecule has 0 aliphatic carbocycles. The van der Waals surface area contributed by atoms with Gasteiger partial charge in [-0.1, -0.05) is 30.3 Å². The van der Waals surface area contributed by atoms with Gasteiger partial charge in [0.15, 0.2) is 11.5 Å². The lowest BCUT2D eigenvalue weighted by atomic mass is 10.1. The molecule has 0 saturated heterocycles. The zero-order valence-corrected chi connectivity index (χ0v) is 13.5. The van der Waals surface area contributed by atoms with Crippen LogP contribution in [-0.4, -0.2) is 28.3 Å². The Kier molecular flexibility index (Phi) is 4.77. The summed E-state index contributed by atoms with van der Waals surface area (Å²) in [6.07, 6.45) is 2.36. The highest BCUT2D eigenvalue weighted by molar-refractivity contribution is 5.92. The second-order valence-corrected chi connectivity index (χ2v) is 5.60. The van der Waals surface area contributed by atoms with Crippen LogP contribution in [-0.2, 0) is 13.5 Å². The van der Waals surface area contributed by atoms with Crippen molar-refractivity contribution in [2.45, 2.75) is 12.5 Å². The molecule has 2 aromatic heterocycles. The van der Waals surface area contributed by atoms with Crippen LogP contribution in [0, 0.1) is 0 Å². The average molecular weight is 324 g/mol. The monoisotopic (exact) mass is 324 g/mol. The Bertz CT molecular complexity index is 807. The van der Waals surface area contributed by atoms with Crippen molar-refractivity contribution in [3.05, 3.63) is 66.1 Å². The molecule has 6 heteroatoms. The van der Waals surface area contributed by atoms with Gasteiger partial charge in [0.25, 0.3) is 5.91 Å². The lowest BCUT2D eigenvalue weighted by molar-refractivity contribution is 0.0911. The highest BCUT2D eigenvalue weighted by Crippen LogP contribution is 2.21. The minimum atomic E-state index is -0.269. The molecule has 24 heavy (non-hydrogen) atoms. The summed E-state index contributed by atoms with van der Waals surface area (Å²) in [6, 6.07) is 15.0. The van der Waals surface area contributed by atoms with Gasteiger partial charge in [-0.15, -0.1) is 0 Å². The number of nitrogens with zero attached hydrogens (tertiary/aromatic N) is 2. The maximum Gasteiger partial charge on any atom is 0.287 e. The molecular weight excluding hydrogens is 304 g/mol. The number of carbonyl (C=O) groups is 1. The van der Waals surface area contributed by atoms with Gasteiger partial charge in [0, 0.05) is 25.8 Å². The minimum Gasteiger partial charge on any atom is -0.449 e. The van der Waals surface area contributed by atoms with Gasteiger partial charge in [-0.25, -0.2) is 0 Å². The Morgan fingerprint density at radius 3 is 2.71 bits per heavy atom. The Morgan fingerprint density at radius 1 is 1.25 bits per heavy atom. The summed E-state index contributed by atoms with van der Waals surface area (Å²) in [4.78, 5) is 12.4. The van der Waals surface area contributed by atoms with E-state index in [-0.39, 0.29) is 17.7 Å².